The van der Waals surface area contributed by atoms with Crippen LogP contribution in [0, 0.1) is 0 Å². The fraction of sp³-hybridized carbons (Fsp3) is 0.667. The molecule has 2 unspecified atom stereocenters. The molecule has 0 radical (unpaired) electrons. The standard InChI is InChI=1S/C9H15ClN2OS/c1-6(3-7(2)13)11-5-9-12-4-8(10)14-9/h4,6-7,11,13H,3,5H2,1-2H3. The van der Waals surface area contributed by atoms with Gasteiger partial charge in [-0.1, -0.05) is 11.6 Å². The molecule has 0 spiro atoms. The SMILES string of the molecule is CC(O)CC(C)NCc1ncc(Cl)s1. The second-order valence-corrected chi connectivity index (χ2v) is 5.17. The van der Waals surface area contributed by atoms with E-state index in [1.807, 2.05) is 6.92 Å². The third kappa shape index (κ3) is 4.37. The predicted molar refractivity (Wildman–Crippen MR) is 59.7 cm³/mol. The van der Waals surface area contributed by atoms with E-state index in [2.05, 4.69) is 10.3 Å². The molecule has 0 aliphatic carbocycles. The minimum absolute atomic E-state index is 0.266. The first-order valence-corrected chi connectivity index (χ1v) is 5.79. The Hall–Kier alpha value is -0.160. The molecular formula is C9H15ClN2OS. The predicted octanol–water partition coefficient (Wildman–Crippen LogP) is 2.05. The largest absolute Gasteiger partial charge is 0.393 e. The van der Waals surface area contributed by atoms with Crippen molar-refractivity contribution in [3.63, 3.8) is 0 Å². The summed E-state index contributed by atoms with van der Waals surface area (Å²) in [6.07, 6.45) is 2.14. The lowest BCUT2D eigenvalue weighted by Gasteiger charge is -2.13. The zero-order chi connectivity index (χ0) is 10.6. The van der Waals surface area contributed by atoms with Crippen LogP contribution in [0.25, 0.3) is 0 Å². The van der Waals surface area contributed by atoms with Crippen LogP contribution in [0.2, 0.25) is 4.34 Å². The molecule has 0 aliphatic heterocycles. The molecule has 0 aliphatic rings. The summed E-state index contributed by atoms with van der Waals surface area (Å²) in [7, 11) is 0. The van der Waals surface area contributed by atoms with Crippen molar-refractivity contribution < 1.29 is 5.11 Å². The number of nitrogens with one attached hydrogen (secondary N) is 1. The Kier molecular flexibility index (Phi) is 4.81. The zero-order valence-electron chi connectivity index (χ0n) is 8.33. The molecule has 3 nitrogen and oxygen atoms in total. The Balaban J connectivity index is 2.26. The third-order valence-electron chi connectivity index (χ3n) is 1.82. The van der Waals surface area contributed by atoms with Gasteiger partial charge >= 0.3 is 0 Å². The van der Waals surface area contributed by atoms with Crippen molar-refractivity contribution in [3.05, 3.63) is 15.5 Å². The van der Waals surface area contributed by atoms with E-state index in [1.165, 1.54) is 11.3 Å². The molecule has 80 valence electrons. The number of aliphatic hydroxyl groups excluding tert-OH is 1. The van der Waals surface area contributed by atoms with Crippen molar-refractivity contribution in [2.45, 2.75) is 39.0 Å². The number of thiazole rings is 1. The summed E-state index contributed by atoms with van der Waals surface area (Å²) in [5.74, 6) is 0. The Bertz CT molecular complexity index is 278. The van der Waals surface area contributed by atoms with Crippen molar-refractivity contribution >= 4 is 22.9 Å². The van der Waals surface area contributed by atoms with Gasteiger partial charge in [-0.3, -0.25) is 0 Å². The number of aliphatic hydroxyl groups is 1. The van der Waals surface area contributed by atoms with Crippen molar-refractivity contribution in [2.24, 2.45) is 0 Å². The van der Waals surface area contributed by atoms with Crippen molar-refractivity contribution in [3.8, 4) is 0 Å². The van der Waals surface area contributed by atoms with E-state index in [4.69, 9.17) is 16.7 Å². The van der Waals surface area contributed by atoms with E-state index in [0.29, 0.717) is 10.9 Å². The van der Waals surface area contributed by atoms with E-state index in [9.17, 15) is 0 Å². The van der Waals surface area contributed by atoms with Gasteiger partial charge < -0.3 is 10.4 Å². The summed E-state index contributed by atoms with van der Waals surface area (Å²) < 4.78 is 0.713. The maximum Gasteiger partial charge on any atom is 0.113 e. The van der Waals surface area contributed by atoms with Crippen LogP contribution in [0.3, 0.4) is 0 Å². The van der Waals surface area contributed by atoms with Crippen LogP contribution in [0.15, 0.2) is 6.20 Å². The molecule has 14 heavy (non-hydrogen) atoms. The van der Waals surface area contributed by atoms with Gasteiger partial charge in [0.2, 0.25) is 0 Å². The molecule has 1 aromatic heterocycles. The molecule has 1 aromatic rings. The average molecular weight is 235 g/mol. The second-order valence-electron chi connectivity index (χ2n) is 3.42. The summed E-state index contributed by atoms with van der Waals surface area (Å²) in [6.45, 7) is 4.55. The van der Waals surface area contributed by atoms with E-state index in [1.54, 1.807) is 13.1 Å². The topological polar surface area (TPSA) is 45.1 Å². The quantitative estimate of drug-likeness (QED) is 0.820. The molecule has 0 saturated carbocycles. The highest BCUT2D eigenvalue weighted by molar-refractivity contribution is 7.15. The Morgan fingerprint density at radius 3 is 2.86 bits per heavy atom. The fourth-order valence-electron chi connectivity index (χ4n) is 1.23. The highest BCUT2D eigenvalue weighted by Crippen LogP contribution is 2.17. The van der Waals surface area contributed by atoms with Crippen LogP contribution in [0.4, 0.5) is 0 Å². The lowest BCUT2D eigenvalue weighted by molar-refractivity contribution is 0.170. The Morgan fingerprint density at radius 2 is 2.36 bits per heavy atom. The van der Waals surface area contributed by atoms with E-state index >= 15 is 0 Å². The van der Waals surface area contributed by atoms with Gasteiger partial charge in [-0.05, 0) is 20.3 Å². The smallest absolute Gasteiger partial charge is 0.113 e. The lowest BCUT2D eigenvalue weighted by Crippen LogP contribution is -2.28. The van der Waals surface area contributed by atoms with Gasteiger partial charge in [0.15, 0.2) is 0 Å². The number of halogens is 1. The molecule has 0 amide bonds. The molecule has 0 fully saturated rings. The van der Waals surface area contributed by atoms with Crippen molar-refractivity contribution in [1.82, 2.24) is 10.3 Å². The monoisotopic (exact) mass is 234 g/mol. The zero-order valence-corrected chi connectivity index (χ0v) is 9.90. The number of rotatable bonds is 5. The van der Waals surface area contributed by atoms with Crippen molar-refractivity contribution in [1.29, 1.82) is 0 Å². The molecule has 1 rings (SSSR count). The number of nitrogens with zero attached hydrogens (tertiary/aromatic N) is 1. The second kappa shape index (κ2) is 5.66. The molecule has 0 bridgehead atoms. The molecular weight excluding hydrogens is 220 g/mol. The molecule has 2 atom stereocenters. The first-order valence-electron chi connectivity index (χ1n) is 4.59. The minimum atomic E-state index is -0.266. The molecule has 2 N–H and O–H groups in total. The summed E-state index contributed by atoms with van der Waals surface area (Å²) >= 11 is 7.23. The van der Waals surface area contributed by atoms with E-state index in [0.717, 1.165) is 11.4 Å². The van der Waals surface area contributed by atoms with Crippen LogP contribution in [0.5, 0.6) is 0 Å². The first-order chi connectivity index (χ1) is 6.58. The van der Waals surface area contributed by atoms with E-state index in [-0.39, 0.29) is 12.1 Å². The van der Waals surface area contributed by atoms with Crippen LogP contribution < -0.4 is 5.32 Å². The highest BCUT2D eigenvalue weighted by atomic mass is 35.5. The molecule has 0 saturated heterocycles. The Labute approximate surface area is 93.1 Å². The van der Waals surface area contributed by atoms with Gasteiger partial charge in [-0.25, -0.2) is 4.98 Å². The highest BCUT2D eigenvalue weighted by Gasteiger charge is 2.06. The maximum atomic E-state index is 9.15. The molecule has 1 heterocycles. The maximum absolute atomic E-state index is 9.15. The van der Waals surface area contributed by atoms with Gasteiger partial charge in [-0.2, -0.15) is 0 Å². The van der Waals surface area contributed by atoms with Gasteiger partial charge in [0.05, 0.1) is 12.3 Å². The number of hydrogen-bond donors (Lipinski definition) is 2. The van der Waals surface area contributed by atoms with E-state index < -0.39 is 0 Å². The lowest BCUT2D eigenvalue weighted by atomic mass is 10.1. The summed E-state index contributed by atoms with van der Waals surface area (Å²) in [5.41, 5.74) is 0. The van der Waals surface area contributed by atoms with Gasteiger partial charge in [0.1, 0.15) is 9.34 Å². The minimum Gasteiger partial charge on any atom is -0.393 e. The van der Waals surface area contributed by atoms with Gasteiger partial charge in [-0.15, -0.1) is 11.3 Å². The average Bonchev–Trinajstić information content (AvgIpc) is 2.47. The normalized spacial score (nSPS) is 15.4. The molecule has 0 aromatic carbocycles. The Morgan fingerprint density at radius 1 is 1.64 bits per heavy atom. The summed E-state index contributed by atoms with van der Waals surface area (Å²) in [4.78, 5) is 4.13. The first kappa shape index (κ1) is 11.9. The fourth-order valence-corrected chi connectivity index (χ4v) is 2.13. The number of aromatic nitrogens is 1. The number of hydrogen-bond acceptors (Lipinski definition) is 4. The summed E-state index contributed by atoms with van der Waals surface area (Å²) in [5, 5.41) is 13.4. The van der Waals surface area contributed by atoms with Crippen LogP contribution in [-0.4, -0.2) is 22.2 Å². The van der Waals surface area contributed by atoms with Gasteiger partial charge in [0.25, 0.3) is 0 Å². The summed E-state index contributed by atoms with van der Waals surface area (Å²) in [6, 6.07) is 0.290. The van der Waals surface area contributed by atoms with Gasteiger partial charge in [0, 0.05) is 12.6 Å². The van der Waals surface area contributed by atoms with Crippen LogP contribution in [0.1, 0.15) is 25.3 Å². The van der Waals surface area contributed by atoms with Crippen LogP contribution >= 0.6 is 22.9 Å². The van der Waals surface area contributed by atoms with Crippen LogP contribution in [-0.2, 0) is 6.54 Å². The van der Waals surface area contributed by atoms with Crippen molar-refractivity contribution in [2.75, 3.05) is 0 Å². The third-order valence-corrected chi connectivity index (χ3v) is 2.94. The molecule has 5 heteroatoms.